The molecule has 0 bridgehead atoms. The number of hydrogen-bond donors (Lipinski definition) is 2. The van der Waals surface area contributed by atoms with Crippen molar-refractivity contribution in [3.05, 3.63) is 0 Å². The lowest BCUT2D eigenvalue weighted by atomic mass is 9.82. The van der Waals surface area contributed by atoms with Gasteiger partial charge in [0, 0.05) is 12.5 Å². The second-order valence-electron chi connectivity index (χ2n) is 5.93. The van der Waals surface area contributed by atoms with Crippen molar-refractivity contribution in [2.45, 2.75) is 58.8 Å². The van der Waals surface area contributed by atoms with E-state index in [2.05, 4.69) is 19.2 Å². The fourth-order valence-electron chi connectivity index (χ4n) is 2.79. The fourth-order valence-corrected chi connectivity index (χ4v) is 2.79. The summed E-state index contributed by atoms with van der Waals surface area (Å²) in [6.07, 6.45) is 8.78. The van der Waals surface area contributed by atoms with Crippen LogP contribution in [0.25, 0.3) is 0 Å². The molecule has 0 aromatic rings. The molecule has 1 aliphatic rings. The van der Waals surface area contributed by atoms with Gasteiger partial charge in [0.2, 0.25) is 5.91 Å². The van der Waals surface area contributed by atoms with Gasteiger partial charge >= 0.3 is 0 Å². The Morgan fingerprint density at radius 1 is 1.32 bits per heavy atom. The van der Waals surface area contributed by atoms with Gasteiger partial charge in [-0.25, -0.2) is 0 Å². The highest BCUT2D eigenvalue weighted by Gasteiger charge is 2.22. The van der Waals surface area contributed by atoms with Gasteiger partial charge in [-0.2, -0.15) is 0 Å². The first-order chi connectivity index (χ1) is 8.67. The van der Waals surface area contributed by atoms with Crippen molar-refractivity contribution in [2.24, 2.45) is 23.5 Å². The van der Waals surface area contributed by atoms with Crippen LogP contribution in [0.3, 0.4) is 0 Å². The zero-order valence-corrected chi connectivity index (χ0v) is 13.3. The highest BCUT2D eigenvalue weighted by atomic mass is 35.5. The first-order valence-electron chi connectivity index (χ1n) is 7.65. The lowest BCUT2D eigenvalue weighted by Crippen LogP contribution is -2.36. The van der Waals surface area contributed by atoms with Crippen molar-refractivity contribution in [1.29, 1.82) is 0 Å². The molecule has 114 valence electrons. The van der Waals surface area contributed by atoms with E-state index in [4.69, 9.17) is 5.73 Å². The molecule has 3 N–H and O–H groups in total. The SMILES string of the molecule is CCC(CC1CCCCC1)C(=O)NCC(C)CN.Cl. The van der Waals surface area contributed by atoms with E-state index in [1.807, 2.05) is 0 Å². The minimum atomic E-state index is 0. The van der Waals surface area contributed by atoms with Crippen molar-refractivity contribution < 1.29 is 4.79 Å². The zero-order valence-electron chi connectivity index (χ0n) is 12.5. The number of amides is 1. The zero-order chi connectivity index (χ0) is 13.4. The maximum atomic E-state index is 12.1. The van der Waals surface area contributed by atoms with Crippen molar-refractivity contribution in [2.75, 3.05) is 13.1 Å². The molecule has 0 aromatic heterocycles. The fraction of sp³-hybridized carbons (Fsp3) is 0.933. The number of rotatable bonds is 7. The first kappa shape index (κ1) is 18.7. The Bertz CT molecular complexity index is 242. The highest BCUT2D eigenvalue weighted by molar-refractivity contribution is 5.85. The van der Waals surface area contributed by atoms with E-state index in [9.17, 15) is 4.79 Å². The summed E-state index contributed by atoms with van der Waals surface area (Å²) >= 11 is 0. The molecule has 0 spiro atoms. The monoisotopic (exact) mass is 290 g/mol. The number of hydrogen-bond acceptors (Lipinski definition) is 2. The Morgan fingerprint density at radius 3 is 2.47 bits per heavy atom. The van der Waals surface area contributed by atoms with Gasteiger partial charge in [0.15, 0.2) is 0 Å². The van der Waals surface area contributed by atoms with E-state index in [0.29, 0.717) is 12.5 Å². The molecule has 1 rings (SSSR count). The number of carbonyl (C=O) groups is 1. The quantitative estimate of drug-likeness (QED) is 0.757. The second kappa shape index (κ2) is 10.5. The molecule has 19 heavy (non-hydrogen) atoms. The van der Waals surface area contributed by atoms with E-state index in [-0.39, 0.29) is 24.2 Å². The van der Waals surface area contributed by atoms with Crippen LogP contribution in [0, 0.1) is 17.8 Å². The minimum absolute atomic E-state index is 0. The molecule has 0 radical (unpaired) electrons. The highest BCUT2D eigenvalue weighted by Crippen LogP contribution is 2.30. The Labute approximate surface area is 124 Å². The van der Waals surface area contributed by atoms with Gasteiger partial charge in [0.1, 0.15) is 0 Å². The van der Waals surface area contributed by atoms with Crippen LogP contribution in [-0.2, 0) is 4.79 Å². The Hall–Kier alpha value is -0.280. The molecule has 1 aliphatic carbocycles. The van der Waals surface area contributed by atoms with Crippen LogP contribution >= 0.6 is 12.4 Å². The largest absolute Gasteiger partial charge is 0.356 e. The van der Waals surface area contributed by atoms with E-state index in [0.717, 1.165) is 25.3 Å². The molecule has 2 unspecified atom stereocenters. The Morgan fingerprint density at radius 2 is 1.95 bits per heavy atom. The van der Waals surface area contributed by atoms with Crippen molar-refractivity contribution >= 4 is 18.3 Å². The predicted molar refractivity (Wildman–Crippen MR) is 83.4 cm³/mol. The van der Waals surface area contributed by atoms with E-state index in [1.165, 1.54) is 32.1 Å². The summed E-state index contributed by atoms with van der Waals surface area (Å²) in [5, 5.41) is 3.06. The van der Waals surface area contributed by atoms with Crippen molar-refractivity contribution in [1.82, 2.24) is 5.32 Å². The molecule has 0 aromatic carbocycles. The summed E-state index contributed by atoms with van der Waals surface area (Å²) in [5.41, 5.74) is 5.56. The van der Waals surface area contributed by atoms with Crippen molar-refractivity contribution in [3.8, 4) is 0 Å². The lowest BCUT2D eigenvalue weighted by Gasteiger charge is -2.25. The third-order valence-electron chi connectivity index (χ3n) is 4.23. The second-order valence-corrected chi connectivity index (χ2v) is 5.93. The summed E-state index contributed by atoms with van der Waals surface area (Å²) in [6.45, 7) is 5.55. The van der Waals surface area contributed by atoms with Gasteiger partial charge in [-0.3, -0.25) is 4.79 Å². The van der Waals surface area contributed by atoms with Crippen LogP contribution in [0.4, 0.5) is 0 Å². The van der Waals surface area contributed by atoms with Crippen LogP contribution in [0.1, 0.15) is 58.8 Å². The average Bonchev–Trinajstić information content (AvgIpc) is 2.42. The summed E-state index contributed by atoms with van der Waals surface area (Å²) < 4.78 is 0. The molecule has 0 heterocycles. The smallest absolute Gasteiger partial charge is 0.223 e. The van der Waals surface area contributed by atoms with Crippen molar-refractivity contribution in [3.63, 3.8) is 0 Å². The van der Waals surface area contributed by atoms with Gasteiger partial charge in [0.05, 0.1) is 0 Å². The van der Waals surface area contributed by atoms with Gasteiger partial charge in [-0.1, -0.05) is 46.0 Å². The minimum Gasteiger partial charge on any atom is -0.356 e. The van der Waals surface area contributed by atoms with Crippen LogP contribution in [0.5, 0.6) is 0 Å². The average molecular weight is 291 g/mol. The summed E-state index contributed by atoms with van der Waals surface area (Å²) in [6, 6.07) is 0. The van der Waals surface area contributed by atoms with Gasteiger partial charge in [-0.15, -0.1) is 12.4 Å². The van der Waals surface area contributed by atoms with Gasteiger partial charge < -0.3 is 11.1 Å². The maximum Gasteiger partial charge on any atom is 0.223 e. The summed E-state index contributed by atoms with van der Waals surface area (Å²) in [4.78, 5) is 12.1. The standard InChI is InChI=1S/C15H30N2O.ClH/c1-3-14(9-13-7-5-4-6-8-13)15(18)17-11-12(2)10-16;/h12-14H,3-11,16H2,1-2H3,(H,17,18);1H. The molecule has 4 heteroatoms. The number of halogens is 1. The maximum absolute atomic E-state index is 12.1. The molecule has 1 saturated carbocycles. The van der Waals surface area contributed by atoms with E-state index in [1.54, 1.807) is 0 Å². The molecule has 1 fully saturated rings. The summed E-state index contributed by atoms with van der Waals surface area (Å²) in [7, 11) is 0. The molecular formula is C15H31ClN2O. The van der Waals surface area contributed by atoms with Gasteiger partial charge in [0.25, 0.3) is 0 Å². The molecule has 2 atom stereocenters. The third-order valence-corrected chi connectivity index (χ3v) is 4.23. The first-order valence-corrected chi connectivity index (χ1v) is 7.65. The molecule has 0 aliphatic heterocycles. The number of carbonyl (C=O) groups excluding carboxylic acids is 1. The van der Waals surface area contributed by atoms with E-state index >= 15 is 0 Å². The molecule has 0 saturated heterocycles. The summed E-state index contributed by atoms with van der Waals surface area (Å²) in [5.74, 6) is 1.60. The van der Waals surface area contributed by atoms with Crippen LogP contribution in [0.2, 0.25) is 0 Å². The Balaban J connectivity index is 0.00000324. The van der Waals surface area contributed by atoms with Crippen LogP contribution < -0.4 is 11.1 Å². The lowest BCUT2D eigenvalue weighted by molar-refractivity contribution is -0.125. The number of nitrogens with two attached hydrogens (primary N) is 1. The molecule has 3 nitrogen and oxygen atoms in total. The molecule has 1 amide bonds. The number of nitrogens with one attached hydrogen (secondary N) is 1. The topological polar surface area (TPSA) is 55.1 Å². The normalized spacial score (nSPS) is 19.3. The van der Waals surface area contributed by atoms with E-state index < -0.39 is 0 Å². The molecular weight excluding hydrogens is 260 g/mol. The predicted octanol–water partition coefficient (Wildman–Crippen LogP) is 3.12. The van der Waals surface area contributed by atoms with Gasteiger partial charge in [-0.05, 0) is 31.2 Å². The van der Waals surface area contributed by atoms with Crippen LogP contribution in [-0.4, -0.2) is 19.0 Å². The third kappa shape index (κ3) is 7.17. The Kier molecular flexibility index (Phi) is 10.3. The van der Waals surface area contributed by atoms with Crippen LogP contribution in [0.15, 0.2) is 0 Å².